The molecule has 1 aliphatic rings. The summed E-state index contributed by atoms with van der Waals surface area (Å²) in [7, 11) is -3.60. The summed E-state index contributed by atoms with van der Waals surface area (Å²) >= 11 is 5.89. The number of amides is 2. The minimum Gasteiger partial charge on any atom is -0.355 e. The van der Waals surface area contributed by atoms with Crippen molar-refractivity contribution < 1.29 is 18.0 Å². The maximum Gasteiger partial charge on any atom is 0.243 e. The van der Waals surface area contributed by atoms with Gasteiger partial charge in [-0.05, 0) is 32.0 Å². The van der Waals surface area contributed by atoms with Gasteiger partial charge in [-0.3, -0.25) is 14.5 Å². The first-order valence-corrected chi connectivity index (χ1v) is 10.6. The third-order valence-corrected chi connectivity index (χ3v) is 6.38. The minimum absolute atomic E-state index is 0.120. The Morgan fingerprint density at radius 1 is 1.22 bits per heavy atom. The van der Waals surface area contributed by atoms with Crippen molar-refractivity contribution in [2.75, 3.05) is 39.3 Å². The molecule has 1 aromatic rings. The Bertz CT molecular complexity index is 779. The normalized spacial score (nSPS) is 17.3. The van der Waals surface area contributed by atoms with Crippen LogP contribution in [0.1, 0.15) is 13.8 Å². The molecule has 27 heavy (non-hydrogen) atoms. The van der Waals surface area contributed by atoms with Crippen LogP contribution in [0.15, 0.2) is 29.2 Å². The van der Waals surface area contributed by atoms with Gasteiger partial charge >= 0.3 is 0 Å². The summed E-state index contributed by atoms with van der Waals surface area (Å²) < 4.78 is 26.7. The third-order valence-electron chi connectivity index (χ3n) is 4.25. The van der Waals surface area contributed by atoms with E-state index in [4.69, 9.17) is 11.6 Å². The van der Waals surface area contributed by atoms with Gasteiger partial charge in [0.1, 0.15) is 6.04 Å². The highest BCUT2D eigenvalue weighted by molar-refractivity contribution is 7.89. The highest BCUT2D eigenvalue weighted by Crippen LogP contribution is 2.20. The molecular formula is C17H25ClN4O4S. The van der Waals surface area contributed by atoms with Crippen LogP contribution in [0, 0.1) is 0 Å². The van der Waals surface area contributed by atoms with Crippen LogP contribution in [0.2, 0.25) is 5.02 Å². The Balaban J connectivity index is 1.86. The SMILES string of the molecule is CCNC(=O)[C@@H](C)NC(=O)CN1CCN(S(=O)(=O)c2cccc(Cl)c2)CC1. The molecule has 0 aliphatic carbocycles. The van der Waals surface area contributed by atoms with Gasteiger partial charge in [0.05, 0.1) is 11.4 Å². The van der Waals surface area contributed by atoms with Crippen LogP contribution < -0.4 is 10.6 Å². The fraction of sp³-hybridized carbons (Fsp3) is 0.529. The van der Waals surface area contributed by atoms with Gasteiger partial charge in [-0.2, -0.15) is 4.31 Å². The molecule has 0 spiro atoms. The Morgan fingerprint density at radius 2 is 1.89 bits per heavy atom. The summed E-state index contributed by atoms with van der Waals surface area (Å²) in [6.45, 7) is 5.49. The van der Waals surface area contributed by atoms with Gasteiger partial charge < -0.3 is 10.6 Å². The van der Waals surface area contributed by atoms with E-state index in [0.29, 0.717) is 24.7 Å². The number of piperazine rings is 1. The van der Waals surface area contributed by atoms with Gasteiger partial charge in [0.25, 0.3) is 0 Å². The molecule has 0 bridgehead atoms. The molecule has 0 saturated carbocycles. The lowest BCUT2D eigenvalue weighted by Crippen LogP contribution is -2.53. The summed E-state index contributed by atoms with van der Waals surface area (Å²) in [4.78, 5) is 25.8. The molecule has 1 atom stereocenters. The Labute approximate surface area is 164 Å². The van der Waals surface area contributed by atoms with E-state index in [9.17, 15) is 18.0 Å². The minimum atomic E-state index is -3.60. The van der Waals surface area contributed by atoms with E-state index in [1.54, 1.807) is 19.1 Å². The van der Waals surface area contributed by atoms with E-state index in [1.165, 1.54) is 16.4 Å². The van der Waals surface area contributed by atoms with Crippen molar-refractivity contribution in [3.63, 3.8) is 0 Å². The number of carbonyl (C=O) groups is 2. The number of carbonyl (C=O) groups excluding carboxylic acids is 2. The molecule has 2 rings (SSSR count). The molecule has 1 heterocycles. The predicted octanol–water partition coefficient (Wildman–Crippen LogP) is 0.287. The number of benzene rings is 1. The number of sulfonamides is 1. The van der Waals surface area contributed by atoms with Crippen molar-refractivity contribution in [1.29, 1.82) is 0 Å². The fourth-order valence-corrected chi connectivity index (χ4v) is 4.51. The molecule has 0 radical (unpaired) electrons. The average Bonchev–Trinajstić information content (AvgIpc) is 2.62. The zero-order valence-corrected chi connectivity index (χ0v) is 17.0. The Morgan fingerprint density at radius 3 is 2.48 bits per heavy atom. The lowest BCUT2D eigenvalue weighted by atomic mass is 10.3. The van der Waals surface area contributed by atoms with Gasteiger partial charge in [0.15, 0.2) is 0 Å². The van der Waals surface area contributed by atoms with Crippen LogP contribution in [0.5, 0.6) is 0 Å². The largest absolute Gasteiger partial charge is 0.355 e. The van der Waals surface area contributed by atoms with Crippen LogP contribution in [0.4, 0.5) is 0 Å². The monoisotopic (exact) mass is 416 g/mol. The van der Waals surface area contributed by atoms with E-state index in [2.05, 4.69) is 10.6 Å². The smallest absolute Gasteiger partial charge is 0.243 e. The summed E-state index contributed by atoms with van der Waals surface area (Å²) in [6, 6.07) is 5.57. The van der Waals surface area contributed by atoms with Crippen LogP contribution in [-0.4, -0.2) is 74.7 Å². The molecule has 8 nitrogen and oxygen atoms in total. The second-order valence-corrected chi connectivity index (χ2v) is 8.70. The molecule has 0 aromatic heterocycles. The van der Waals surface area contributed by atoms with Gasteiger partial charge in [-0.25, -0.2) is 8.42 Å². The molecule has 0 unspecified atom stereocenters. The molecule has 2 amide bonds. The maximum atomic E-state index is 12.7. The van der Waals surface area contributed by atoms with Crippen molar-refractivity contribution in [1.82, 2.24) is 19.8 Å². The van der Waals surface area contributed by atoms with Crippen LogP contribution in [0.3, 0.4) is 0 Å². The van der Waals surface area contributed by atoms with Crippen molar-refractivity contribution in [2.45, 2.75) is 24.8 Å². The van der Waals surface area contributed by atoms with Crippen molar-refractivity contribution in [2.24, 2.45) is 0 Å². The van der Waals surface area contributed by atoms with Gasteiger partial charge in [0.2, 0.25) is 21.8 Å². The Kier molecular flexibility index (Phi) is 7.60. The van der Waals surface area contributed by atoms with Crippen molar-refractivity contribution in [3.05, 3.63) is 29.3 Å². The van der Waals surface area contributed by atoms with Crippen LogP contribution in [-0.2, 0) is 19.6 Å². The highest BCUT2D eigenvalue weighted by Gasteiger charge is 2.29. The van der Waals surface area contributed by atoms with Gasteiger partial charge in [-0.15, -0.1) is 0 Å². The van der Waals surface area contributed by atoms with E-state index >= 15 is 0 Å². The van der Waals surface area contributed by atoms with Crippen molar-refractivity contribution in [3.8, 4) is 0 Å². The van der Waals surface area contributed by atoms with E-state index < -0.39 is 16.1 Å². The zero-order chi connectivity index (χ0) is 20.0. The molecule has 2 N–H and O–H groups in total. The molecular weight excluding hydrogens is 392 g/mol. The molecule has 1 saturated heterocycles. The Hall–Kier alpha value is -1.68. The first-order chi connectivity index (χ1) is 12.7. The average molecular weight is 417 g/mol. The summed E-state index contributed by atoms with van der Waals surface area (Å²) in [5.74, 6) is -0.497. The number of likely N-dealkylation sites (N-methyl/N-ethyl adjacent to an activating group) is 1. The number of rotatable bonds is 7. The highest BCUT2D eigenvalue weighted by atomic mass is 35.5. The standard InChI is InChI=1S/C17H25ClN4O4S/c1-3-19-17(24)13(2)20-16(23)12-21-7-9-22(10-8-21)27(25,26)15-6-4-5-14(18)11-15/h4-6,11,13H,3,7-10,12H2,1-2H3,(H,19,24)(H,20,23)/t13-/m1/s1. The van der Waals surface area contributed by atoms with E-state index in [0.717, 1.165) is 0 Å². The first kappa shape index (κ1) is 21.6. The van der Waals surface area contributed by atoms with Gasteiger partial charge in [-0.1, -0.05) is 17.7 Å². The van der Waals surface area contributed by atoms with Crippen LogP contribution in [0.25, 0.3) is 0 Å². The topological polar surface area (TPSA) is 98.8 Å². The molecule has 1 fully saturated rings. The lowest BCUT2D eigenvalue weighted by molar-refractivity contribution is -0.129. The summed E-state index contributed by atoms with van der Waals surface area (Å²) in [5, 5.41) is 5.66. The second-order valence-electron chi connectivity index (χ2n) is 6.32. The zero-order valence-electron chi connectivity index (χ0n) is 15.4. The molecule has 1 aromatic carbocycles. The molecule has 150 valence electrons. The number of hydrogen-bond acceptors (Lipinski definition) is 5. The first-order valence-electron chi connectivity index (χ1n) is 8.79. The second kappa shape index (κ2) is 9.50. The molecule has 10 heteroatoms. The molecule has 1 aliphatic heterocycles. The quantitative estimate of drug-likeness (QED) is 0.665. The number of halogens is 1. The third kappa shape index (κ3) is 5.90. The lowest BCUT2D eigenvalue weighted by Gasteiger charge is -2.33. The number of nitrogens with one attached hydrogen (secondary N) is 2. The van der Waals surface area contributed by atoms with E-state index in [1.807, 2.05) is 11.8 Å². The van der Waals surface area contributed by atoms with E-state index in [-0.39, 0.29) is 36.3 Å². The maximum absolute atomic E-state index is 12.7. The fourth-order valence-electron chi connectivity index (χ4n) is 2.79. The van der Waals surface area contributed by atoms with Gasteiger partial charge in [0, 0.05) is 37.7 Å². The predicted molar refractivity (Wildman–Crippen MR) is 103 cm³/mol. The van der Waals surface area contributed by atoms with Crippen molar-refractivity contribution >= 4 is 33.4 Å². The summed E-state index contributed by atoms with van der Waals surface area (Å²) in [6.07, 6.45) is 0. The summed E-state index contributed by atoms with van der Waals surface area (Å²) in [5.41, 5.74) is 0. The number of hydrogen-bond donors (Lipinski definition) is 2. The number of nitrogens with zero attached hydrogens (tertiary/aromatic N) is 2. The van der Waals surface area contributed by atoms with Crippen LogP contribution >= 0.6 is 11.6 Å².